The minimum Gasteiger partial charge on any atom is -1.00 e. The number of nitrogens with zero attached hydrogens (tertiary/aromatic N) is 1. The number of quaternary nitrogens is 1. The van der Waals surface area contributed by atoms with Gasteiger partial charge < -0.3 is 17.5 Å². The zero-order valence-corrected chi connectivity index (χ0v) is 14.2. The fourth-order valence-electron chi connectivity index (χ4n) is 2.58. The van der Waals surface area contributed by atoms with Crippen LogP contribution >= 0.6 is 0 Å². The van der Waals surface area contributed by atoms with Crippen molar-refractivity contribution in [3.63, 3.8) is 0 Å². The molecule has 0 aliphatic carbocycles. The average molecular weight is 332 g/mol. The second kappa shape index (κ2) is 7.95. The molecule has 1 unspecified atom stereocenters. The van der Waals surface area contributed by atoms with Crippen LogP contribution in [0, 0.1) is 0 Å². The van der Waals surface area contributed by atoms with Crippen LogP contribution in [0.5, 0.6) is 5.75 Å². The molecule has 0 bridgehead atoms. The van der Waals surface area contributed by atoms with Gasteiger partial charge >= 0.3 is 0 Å². The first kappa shape index (κ1) is 18.9. The Kier molecular flexibility index (Phi) is 6.55. The van der Waals surface area contributed by atoms with Crippen molar-refractivity contribution in [2.75, 3.05) is 14.1 Å². The first-order chi connectivity index (χ1) is 10.5. The van der Waals surface area contributed by atoms with Crippen molar-refractivity contribution in [3.8, 4) is 5.75 Å². The predicted molar refractivity (Wildman–Crippen MR) is 88.7 cm³/mol. The third-order valence-corrected chi connectivity index (χ3v) is 4.11. The maximum Gasteiger partial charge on any atom is 0.153 e. The summed E-state index contributed by atoms with van der Waals surface area (Å²) in [5.74, 6) is 0.0149. The Hall–Kier alpha value is -2.10. The highest BCUT2D eigenvalue weighted by atomic mass is 35.5. The molecule has 2 aromatic rings. The Morgan fingerprint density at radius 3 is 2.39 bits per heavy atom. The fraction of sp³-hybridized carbons (Fsp3) is 0.211. The van der Waals surface area contributed by atoms with Gasteiger partial charge in [0.2, 0.25) is 0 Å². The van der Waals surface area contributed by atoms with E-state index in [1.165, 1.54) is 5.56 Å². The fourth-order valence-corrected chi connectivity index (χ4v) is 2.58. The van der Waals surface area contributed by atoms with Crippen molar-refractivity contribution in [3.05, 3.63) is 78.0 Å². The molecule has 23 heavy (non-hydrogen) atoms. The molecule has 3 nitrogen and oxygen atoms in total. The standard InChI is InChI=1S/C19H21NO2.ClH/c1-4-20(2,3)18(12-15-8-6-5-7-9-15)16-10-11-19(22)17(13-16)14-21;/h4-11,13-14,18H,1,12H2,2-3H3;1H. The zero-order chi connectivity index (χ0) is 16.2. The first-order valence-electron chi connectivity index (χ1n) is 7.27. The van der Waals surface area contributed by atoms with Crippen molar-refractivity contribution >= 4 is 6.29 Å². The number of phenols is 1. The van der Waals surface area contributed by atoms with Crippen LogP contribution in [0.25, 0.3) is 0 Å². The Morgan fingerprint density at radius 2 is 1.83 bits per heavy atom. The lowest BCUT2D eigenvalue weighted by atomic mass is 9.95. The quantitative estimate of drug-likeness (QED) is 0.625. The Bertz CT molecular complexity index is 668. The van der Waals surface area contributed by atoms with Crippen LogP contribution in [0.2, 0.25) is 0 Å². The molecule has 1 atom stereocenters. The van der Waals surface area contributed by atoms with Crippen LogP contribution in [0.3, 0.4) is 0 Å². The summed E-state index contributed by atoms with van der Waals surface area (Å²) in [5, 5.41) is 9.71. The Labute approximate surface area is 143 Å². The average Bonchev–Trinajstić information content (AvgIpc) is 2.54. The maximum absolute atomic E-state index is 11.1. The number of rotatable bonds is 6. The van der Waals surface area contributed by atoms with E-state index in [1.54, 1.807) is 12.1 Å². The second-order valence-electron chi connectivity index (χ2n) is 5.95. The molecule has 0 fully saturated rings. The molecular weight excluding hydrogens is 310 g/mol. The van der Waals surface area contributed by atoms with Crippen LogP contribution in [0.1, 0.15) is 27.5 Å². The normalized spacial score (nSPS) is 12.1. The molecule has 1 N–H and O–H groups in total. The highest BCUT2D eigenvalue weighted by molar-refractivity contribution is 5.79. The van der Waals surface area contributed by atoms with Gasteiger partial charge in [0, 0.05) is 12.0 Å². The van der Waals surface area contributed by atoms with Crippen LogP contribution < -0.4 is 12.4 Å². The third-order valence-electron chi connectivity index (χ3n) is 4.11. The number of carbonyl (C=O) groups excluding carboxylic acids is 1. The number of carbonyl (C=O) groups is 1. The molecule has 0 saturated heterocycles. The van der Waals surface area contributed by atoms with Crippen molar-refractivity contribution in [1.29, 1.82) is 0 Å². The van der Waals surface area contributed by atoms with Gasteiger partial charge in [0.05, 0.1) is 25.9 Å². The summed E-state index contributed by atoms with van der Waals surface area (Å²) in [6, 6.07) is 15.6. The van der Waals surface area contributed by atoms with Crippen molar-refractivity contribution in [1.82, 2.24) is 0 Å². The van der Waals surface area contributed by atoms with E-state index in [0.717, 1.165) is 12.0 Å². The number of benzene rings is 2. The highest BCUT2D eigenvalue weighted by Crippen LogP contribution is 2.31. The van der Waals surface area contributed by atoms with E-state index >= 15 is 0 Å². The molecular formula is C19H22ClNO2. The van der Waals surface area contributed by atoms with Crippen molar-refractivity contribution in [2.45, 2.75) is 12.5 Å². The molecule has 122 valence electrons. The molecule has 0 aliphatic heterocycles. The number of hydrogen-bond acceptors (Lipinski definition) is 2. The van der Waals surface area contributed by atoms with Gasteiger partial charge in [0.15, 0.2) is 6.29 Å². The summed E-state index contributed by atoms with van der Waals surface area (Å²) in [7, 11) is 4.15. The lowest BCUT2D eigenvalue weighted by molar-refractivity contribution is -0.871. The van der Waals surface area contributed by atoms with E-state index < -0.39 is 0 Å². The summed E-state index contributed by atoms with van der Waals surface area (Å²) in [6.45, 7) is 3.93. The summed E-state index contributed by atoms with van der Waals surface area (Å²) in [4.78, 5) is 11.1. The van der Waals surface area contributed by atoms with Crippen molar-refractivity contribution in [2.24, 2.45) is 0 Å². The van der Waals surface area contributed by atoms with Crippen LogP contribution in [0.15, 0.2) is 61.3 Å². The molecule has 2 aromatic carbocycles. The highest BCUT2D eigenvalue weighted by Gasteiger charge is 2.28. The van der Waals surface area contributed by atoms with Gasteiger partial charge in [0.25, 0.3) is 0 Å². The monoisotopic (exact) mass is 331 g/mol. The van der Waals surface area contributed by atoms with E-state index in [0.29, 0.717) is 16.3 Å². The lowest BCUT2D eigenvalue weighted by Crippen LogP contribution is -3.00. The molecule has 0 aromatic heterocycles. The zero-order valence-electron chi connectivity index (χ0n) is 13.4. The van der Waals surface area contributed by atoms with E-state index in [4.69, 9.17) is 0 Å². The second-order valence-corrected chi connectivity index (χ2v) is 5.95. The van der Waals surface area contributed by atoms with Crippen LogP contribution in [-0.4, -0.2) is 30.0 Å². The number of aromatic hydroxyl groups is 1. The number of halogens is 1. The predicted octanol–water partition coefficient (Wildman–Crippen LogP) is 0.712. The molecule has 0 amide bonds. The minimum atomic E-state index is 0. The Balaban J connectivity index is 0.00000264. The SMILES string of the molecule is C=C[N+](C)(C)C(Cc1ccccc1)c1ccc(O)c(C=O)c1.[Cl-]. The number of aldehydes is 1. The molecule has 0 spiro atoms. The topological polar surface area (TPSA) is 37.3 Å². The van der Waals surface area contributed by atoms with E-state index in [2.05, 4.69) is 32.8 Å². The molecule has 2 rings (SSSR count). The number of likely N-dealkylation sites (N-methyl/N-ethyl adjacent to an activating group) is 1. The van der Waals surface area contributed by atoms with Crippen molar-refractivity contribution < 1.29 is 26.8 Å². The molecule has 0 saturated carbocycles. The molecule has 4 heteroatoms. The molecule has 0 radical (unpaired) electrons. The van der Waals surface area contributed by atoms with Gasteiger partial charge in [-0.05, 0) is 30.3 Å². The maximum atomic E-state index is 11.1. The van der Waals surface area contributed by atoms with E-state index in [9.17, 15) is 9.90 Å². The van der Waals surface area contributed by atoms with Gasteiger partial charge in [-0.25, -0.2) is 0 Å². The summed E-state index contributed by atoms with van der Waals surface area (Å²) in [6.07, 6.45) is 3.40. The molecule has 0 heterocycles. The third kappa shape index (κ3) is 4.44. The smallest absolute Gasteiger partial charge is 0.153 e. The van der Waals surface area contributed by atoms with Gasteiger partial charge in [-0.1, -0.05) is 30.3 Å². The minimum absolute atomic E-state index is 0. The van der Waals surface area contributed by atoms with Gasteiger partial charge in [0.1, 0.15) is 11.8 Å². The number of hydrogen-bond donors (Lipinski definition) is 1. The lowest BCUT2D eigenvalue weighted by Gasteiger charge is -2.35. The summed E-state index contributed by atoms with van der Waals surface area (Å²) < 4.78 is 0.581. The van der Waals surface area contributed by atoms with Gasteiger partial charge in [-0.3, -0.25) is 9.28 Å². The first-order valence-corrected chi connectivity index (χ1v) is 7.27. The number of phenolic OH excluding ortho intramolecular Hbond substituents is 1. The molecule has 0 aliphatic rings. The van der Waals surface area contributed by atoms with Crippen LogP contribution in [-0.2, 0) is 6.42 Å². The largest absolute Gasteiger partial charge is 1.00 e. The summed E-state index contributed by atoms with van der Waals surface area (Å²) >= 11 is 0. The summed E-state index contributed by atoms with van der Waals surface area (Å²) in [5.41, 5.74) is 2.55. The van der Waals surface area contributed by atoms with Gasteiger partial charge in [-0.15, -0.1) is 0 Å². The Morgan fingerprint density at radius 1 is 1.17 bits per heavy atom. The van der Waals surface area contributed by atoms with E-state index in [1.807, 2.05) is 30.5 Å². The van der Waals surface area contributed by atoms with Crippen LogP contribution in [0.4, 0.5) is 0 Å². The van der Waals surface area contributed by atoms with E-state index in [-0.39, 0.29) is 24.2 Å². The van der Waals surface area contributed by atoms with Gasteiger partial charge in [-0.2, -0.15) is 0 Å².